The van der Waals surface area contributed by atoms with Crippen molar-refractivity contribution in [2.24, 2.45) is 0 Å². The van der Waals surface area contributed by atoms with Crippen molar-refractivity contribution >= 4 is 39.6 Å². The van der Waals surface area contributed by atoms with Crippen molar-refractivity contribution in [3.05, 3.63) is 75.8 Å². The third-order valence-electron chi connectivity index (χ3n) is 3.30. The molecule has 0 atom stereocenters. The summed E-state index contributed by atoms with van der Waals surface area (Å²) in [5.41, 5.74) is 1.69. The van der Waals surface area contributed by atoms with Gasteiger partial charge in [-0.05, 0) is 41.5 Å². The predicted molar refractivity (Wildman–Crippen MR) is 107 cm³/mol. The van der Waals surface area contributed by atoms with Gasteiger partial charge in [0, 0.05) is 10.5 Å². The zero-order valence-corrected chi connectivity index (χ0v) is 16.5. The molecular weight excluding hydrogens is 420 g/mol. The zero-order valence-electron chi connectivity index (χ0n) is 14.2. The molecule has 0 aliphatic rings. The highest BCUT2D eigenvalue weighted by molar-refractivity contribution is 9.10. The topological polar surface area (TPSA) is 44.8 Å². The Kier molecular flexibility index (Phi) is 7.75. The normalized spacial score (nSPS) is 10.6. The summed E-state index contributed by atoms with van der Waals surface area (Å²) in [6.45, 7) is 4.00. The molecule has 0 heterocycles. The minimum absolute atomic E-state index is 0.163. The van der Waals surface area contributed by atoms with Gasteiger partial charge in [-0.25, -0.2) is 4.79 Å². The van der Waals surface area contributed by atoms with Crippen LogP contribution in [0.5, 0.6) is 11.5 Å². The fourth-order valence-corrected chi connectivity index (χ4v) is 2.60. The van der Waals surface area contributed by atoms with Gasteiger partial charge in [0.25, 0.3) is 0 Å². The van der Waals surface area contributed by atoms with Gasteiger partial charge in [0.05, 0.1) is 12.1 Å². The standard InChI is InChI=1S/C20H18BrClO4/c1-3-10-25-19(23)9-6-15-11-17(22)20(18(12-15)24-2)26-13-14-4-7-16(21)8-5-14/h3-9,11-12H,1,10,13H2,2H3/b9-6+. The Morgan fingerprint density at radius 3 is 2.65 bits per heavy atom. The van der Waals surface area contributed by atoms with E-state index in [0.717, 1.165) is 10.0 Å². The molecule has 0 saturated heterocycles. The van der Waals surface area contributed by atoms with Crippen LogP contribution in [-0.4, -0.2) is 19.7 Å². The summed E-state index contributed by atoms with van der Waals surface area (Å²) < 4.78 is 17.1. The first-order valence-electron chi connectivity index (χ1n) is 7.74. The smallest absolute Gasteiger partial charge is 0.331 e. The molecule has 136 valence electrons. The number of hydrogen-bond acceptors (Lipinski definition) is 4. The number of rotatable bonds is 8. The van der Waals surface area contributed by atoms with Crippen molar-refractivity contribution in [1.82, 2.24) is 0 Å². The largest absolute Gasteiger partial charge is 0.493 e. The highest BCUT2D eigenvalue weighted by Gasteiger charge is 2.12. The summed E-state index contributed by atoms with van der Waals surface area (Å²) in [7, 11) is 1.53. The number of esters is 1. The van der Waals surface area contributed by atoms with Crippen molar-refractivity contribution in [1.29, 1.82) is 0 Å². The van der Waals surface area contributed by atoms with Crippen LogP contribution in [0.15, 0.2) is 59.6 Å². The van der Waals surface area contributed by atoms with Gasteiger partial charge in [0.2, 0.25) is 0 Å². The summed E-state index contributed by atoms with van der Waals surface area (Å²) in [5.74, 6) is 0.466. The van der Waals surface area contributed by atoms with E-state index < -0.39 is 5.97 Å². The molecule has 0 aliphatic carbocycles. The summed E-state index contributed by atoms with van der Waals surface area (Å²) >= 11 is 9.72. The number of halogens is 2. The third-order valence-corrected chi connectivity index (χ3v) is 4.11. The molecule has 0 unspecified atom stereocenters. The fourth-order valence-electron chi connectivity index (χ4n) is 2.07. The molecule has 0 aromatic heterocycles. The van der Waals surface area contributed by atoms with Gasteiger partial charge >= 0.3 is 5.97 Å². The Balaban J connectivity index is 2.12. The minimum Gasteiger partial charge on any atom is -0.493 e. The van der Waals surface area contributed by atoms with Crippen LogP contribution < -0.4 is 9.47 Å². The number of benzene rings is 2. The molecule has 0 radical (unpaired) electrons. The zero-order chi connectivity index (χ0) is 18.9. The SMILES string of the molecule is C=CCOC(=O)/C=C/c1cc(Cl)c(OCc2ccc(Br)cc2)c(OC)c1. The van der Waals surface area contributed by atoms with E-state index in [-0.39, 0.29) is 6.61 Å². The van der Waals surface area contributed by atoms with E-state index in [1.54, 1.807) is 18.2 Å². The molecule has 0 fully saturated rings. The van der Waals surface area contributed by atoms with Crippen LogP contribution >= 0.6 is 27.5 Å². The quantitative estimate of drug-likeness (QED) is 0.314. The van der Waals surface area contributed by atoms with Crippen molar-refractivity contribution in [3.63, 3.8) is 0 Å². The van der Waals surface area contributed by atoms with Crippen molar-refractivity contribution in [3.8, 4) is 11.5 Å². The van der Waals surface area contributed by atoms with Crippen LogP contribution in [0, 0.1) is 0 Å². The second-order valence-electron chi connectivity index (χ2n) is 5.20. The van der Waals surface area contributed by atoms with Gasteiger partial charge in [-0.1, -0.05) is 52.3 Å². The fraction of sp³-hybridized carbons (Fsp3) is 0.150. The van der Waals surface area contributed by atoms with Crippen LogP contribution in [-0.2, 0) is 16.1 Å². The maximum atomic E-state index is 11.5. The van der Waals surface area contributed by atoms with Gasteiger partial charge in [-0.3, -0.25) is 0 Å². The summed E-state index contributed by atoms with van der Waals surface area (Å²) in [6, 6.07) is 11.2. The molecule has 0 saturated carbocycles. The molecule has 0 N–H and O–H groups in total. The average Bonchev–Trinajstić information content (AvgIpc) is 2.64. The van der Waals surface area contributed by atoms with Crippen LogP contribution in [0.25, 0.3) is 6.08 Å². The molecule has 0 spiro atoms. The second kappa shape index (κ2) is 10.0. The Labute approximate surface area is 166 Å². The monoisotopic (exact) mass is 436 g/mol. The van der Waals surface area contributed by atoms with E-state index in [2.05, 4.69) is 22.5 Å². The highest BCUT2D eigenvalue weighted by Crippen LogP contribution is 2.37. The first kappa shape index (κ1) is 20.1. The highest BCUT2D eigenvalue weighted by atomic mass is 79.9. The van der Waals surface area contributed by atoms with Crippen molar-refractivity contribution < 1.29 is 19.0 Å². The second-order valence-corrected chi connectivity index (χ2v) is 6.52. The number of carbonyl (C=O) groups excluding carboxylic acids is 1. The number of ether oxygens (including phenoxy) is 3. The Morgan fingerprint density at radius 1 is 1.27 bits per heavy atom. The van der Waals surface area contributed by atoms with E-state index in [9.17, 15) is 4.79 Å². The molecule has 26 heavy (non-hydrogen) atoms. The molecule has 0 bridgehead atoms. The van der Waals surface area contributed by atoms with Gasteiger partial charge in [0.1, 0.15) is 13.2 Å². The third kappa shape index (κ3) is 5.93. The van der Waals surface area contributed by atoms with Gasteiger partial charge in [0.15, 0.2) is 11.5 Å². The molecule has 0 amide bonds. The maximum Gasteiger partial charge on any atom is 0.331 e. The minimum atomic E-state index is -0.462. The molecule has 2 aromatic rings. The number of methoxy groups -OCH3 is 1. The number of hydrogen-bond donors (Lipinski definition) is 0. The van der Waals surface area contributed by atoms with Gasteiger partial charge < -0.3 is 14.2 Å². The van der Waals surface area contributed by atoms with Gasteiger partial charge in [-0.2, -0.15) is 0 Å². The lowest BCUT2D eigenvalue weighted by atomic mass is 10.2. The van der Waals surface area contributed by atoms with E-state index in [1.807, 2.05) is 24.3 Å². The van der Waals surface area contributed by atoms with E-state index in [4.69, 9.17) is 25.8 Å². The molecule has 2 aromatic carbocycles. The average molecular weight is 438 g/mol. The number of carbonyl (C=O) groups is 1. The van der Waals surface area contributed by atoms with E-state index in [0.29, 0.717) is 28.7 Å². The summed E-state index contributed by atoms with van der Waals surface area (Å²) in [5, 5.41) is 0.389. The van der Waals surface area contributed by atoms with E-state index in [1.165, 1.54) is 19.3 Å². The van der Waals surface area contributed by atoms with Crippen LogP contribution in [0.4, 0.5) is 0 Å². The first-order valence-corrected chi connectivity index (χ1v) is 8.91. The predicted octanol–water partition coefficient (Wildman–Crippen LogP) is 5.43. The summed E-state index contributed by atoms with van der Waals surface area (Å²) in [4.78, 5) is 11.5. The lowest BCUT2D eigenvalue weighted by Gasteiger charge is -2.13. The van der Waals surface area contributed by atoms with Crippen LogP contribution in [0.2, 0.25) is 5.02 Å². The Bertz CT molecular complexity index is 800. The lowest BCUT2D eigenvalue weighted by Crippen LogP contribution is -2.00. The van der Waals surface area contributed by atoms with Crippen LogP contribution in [0.3, 0.4) is 0 Å². The van der Waals surface area contributed by atoms with Crippen molar-refractivity contribution in [2.75, 3.05) is 13.7 Å². The molecule has 0 aliphatic heterocycles. The molecule has 2 rings (SSSR count). The van der Waals surface area contributed by atoms with Gasteiger partial charge in [-0.15, -0.1) is 0 Å². The lowest BCUT2D eigenvalue weighted by molar-refractivity contribution is -0.136. The first-order chi connectivity index (χ1) is 12.5. The summed E-state index contributed by atoms with van der Waals surface area (Å²) in [6.07, 6.45) is 4.42. The Morgan fingerprint density at radius 2 is 2.00 bits per heavy atom. The van der Waals surface area contributed by atoms with E-state index >= 15 is 0 Å². The maximum absolute atomic E-state index is 11.5. The molecular formula is C20H18BrClO4. The molecule has 4 nitrogen and oxygen atoms in total. The Hall–Kier alpha value is -2.24. The van der Waals surface area contributed by atoms with Crippen molar-refractivity contribution in [2.45, 2.75) is 6.61 Å². The van der Waals surface area contributed by atoms with Crippen LogP contribution in [0.1, 0.15) is 11.1 Å². The molecule has 6 heteroatoms.